The lowest BCUT2D eigenvalue weighted by atomic mass is 10.2. The Hall–Kier alpha value is -4.00. The van der Waals surface area contributed by atoms with Crippen LogP contribution in [0.25, 0.3) is 5.65 Å². The number of fused-ring (bicyclic) bond motifs is 1. The lowest BCUT2D eigenvalue weighted by Crippen LogP contribution is -2.23. The highest BCUT2D eigenvalue weighted by atomic mass is 16.5. The van der Waals surface area contributed by atoms with E-state index in [-0.39, 0.29) is 5.91 Å². The topological polar surface area (TPSA) is 62.1 Å². The summed E-state index contributed by atoms with van der Waals surface area (Å²) in [5.41, 5.74) is 5.83. The Bertz CT molecular complexity index is 1290. The summed E-state index contributed by atoms with van der Waals surface area (Å²) < 4.78 is 7.22. The molecule has 1 N–H and O–H groups in total. The van der Waals surface area contributed by atoms with Crippen LogP contribution in [0, 0.1) is 0 Å². The van der Waals surface area contributed by atoms with Crippen LogP contribution in [0.2, 0.25) is 0 Å². The lowest BCUT2D eigenvalue weighted by molar-refractivity contribution is 0.0950. The first-order valence-corrected chi connectivity index (χ1v) is 11.8. The first-order chi connectivity index (χ1) is 16.9. The summed E-state index contributed by atoms with van der Waals surface area (Å²) >= 11 is 0. The third-order valence-corrected chi connectivity index (χ3v) is 6.11. The minimum atomic E-state index is -0.123. The van der Waals surface area contributed by atoms with E-state index in [1.54, 1.807) is 7.11 Å². The number of carbonyl (C=O) groups excluding carboxylic acids is 1. The van der Waals surface area contributed by atoms with E-state index in [1.165, 1.54) is 11.3 Å². The number of nitrogens with zero attached hydrogens (tertiary/aromatic N) is 4. The number of carbonyl (C=O) groups is 1. The number of rotatable bonds is 9. The summed E-state index contributed by atoms with van der Waals surface area (Å²) in [7, 11) is 7.79. The molecule has 0 aliphatic carbocycles. The molecule has 0 saturated carbocycles. The number of methoxy groups -OCH3 is 1. The fourth-order valence-electron chi connectivity index (χ4n) is 4.13. The molecule has 0 radical (unpaired) electrons. The predicted molar refractivity (Wildman–Crippen MR) is 142 cm³/mol. The van der Waals surface area contributed by atoms with Gasteiger partial charge in [-0.05, 0) is 53.9 Å². The zero-order chi connectivity index (χ0) is 24.9. The van der Waals surface area contributed by atoms with Crippen molar-refractivity contribution in [2.45, 2.75) is 26.4 Å². The van der Waals surface area contributed by atoms with Crippen molar-refractivity contribution >= 4 is 23.1 Å². The van der Waals surface area contributed by atoms with Crippen LogP contribution in [-0.4, -0.2) is 43.5 Å². The predicted octanol–water partition coefficient (Wildman–Crippen LogP) is 4.54. The number of aromatic nitrogens is 2. The molecule has 0 unspecified atom stereocenters. The normalized spacial score (nSPS) is 10.9. The van der Waals surface area contributed by atoms with Gasteiger partial charge in [-0.1, -0.05) is 31.2 Å². The maximum atomic E-state index is 12.9. The highest BCUT2D eigenvalue weighted by molar-refractivity contribution is 5.94. The Morgan fingerprint density at radius 1 is 0.971 bits per heavy atom. The van der Waals surface area contributed by atoms with Crippen LogP contribution >= 0.6 is 0 Å². The molecule has 0 fully saturated rings. The fourth-order valence-corrected chi connectivity index (χ4v) is 4.13. The number of anilines is 2. The van der Waals surface area contributed by atoms with Crippen LogP contribution in [0.1, 0.15) is 34.1 Å². The summed E-state index contributed by atoms with van der Waals surface area (Å²) in [5.74, 6) is 1.67. The van der Waals surface area contributed by atoms with Crippen LogP contribution in [0.15, 0.2) is 66.9 Å². The van der Waals surface area contributed by atoms with E-state index in [1.807, 2.05) is 61.1 Å². The number of benzene rings is 2. The molecule has 1 amide bonds. The molecule has 7 heteroatoms. The summed E-state index contributed by atoms with van der Waals surface area (Å²) in [6.07, 6.45) is 2.69. The first kappa shape index (κ1) is 24.1. The van der Waals surface area contributed by atoms with Gasteiger partial charge in [0.15, 0.2) is 0 Å². The van der Waals surface area contributed by atoms with Crippen molar-refractivity contribution in [2.75, 3.05) is 38.1 Å². The number of hydrogen-bond acceptors (Lipinski definition) is 5. The van der Waals surface area contributed by atoms with Gasteiger partial charge < -0.3 is 19.9 Å². The van der Waals surface area contributed by atoms with Gasteiger partial charge in [0.25, 0.3) is 5.91 Å². The quantitative estimate of drug-likeness (QED) is 0.388. The smallest absolute Gasteiger partial charge is 0.253 e. The Kier molecular flexibility index (Phi) is 7.25. The molecule has 4 aromatic rings. The van der Waals surface area contributed by atoms with Gasteiger partial charge in [-0.25, -0.2) is 4.98 Å². The Morgan fingerprint density at radius 2 is 1.66 bits per heavy atom. The van der Waals surface area contributed by atoms with E-state index < -0.39 is 0 Å². The van der Waals surface area contributed by atoms with Crippen molar-refractivity contribution in [3.05, 3.63) is 89.2 Å². The van der Waals surface area contributed by atoms with Gasteiger partial charge in [-0.2, -0.15) is 0 Å². The Balaban J connectivity index is 1.54. The summed E-state index contributed by atoms with van der Waals surface area (Å²) in [6.45, 7) is 3.29. The van der Waals surface area contributed by atoms with Crippen molar-refractivity contribution in [1.82, 2.24) is 14.7 Å². The van der Waals surface area contributed by atoms with Crippen molar-refractivity contribution < 1.29 is 9.53 Å². The second-order valence-corrected chi connectivity index (χ2v) is 8.83. The van der Waals surface area contributed by atoms with E-state index in [0.29, 0.717) is 12.1 Å². The van der Waals surface area contributed by atoms with Crippen molar-refractivity contribution in [3.8, 4) is 5.75 Å². The Labute approximate surface area is 207 Å². The number of pyridine rings is 1. The zero-order valence-electron chi connectivity index (χ0n) is 21.1. The molecule has 0 bridgehead atoms. The molecule has 2 aromatic heterocycles. The van der Waals surface area contributed by atoms with Gasteiger partial charge >= 0.3 is 0 Å². The molecular formula is C28H33N5O2. The lowest BCUT2D eigenvalue weighted by Gasteiger charge is -2.21. The Morgan fingerprint density at radius 3 is 2.29 bits per heavy atom. The molecule has 4 rings (SSSR count). The first-order valence-electron chi connectivity index (χ1n) is 11.8. The molecule has 0 spiro atoms. The van der Waals surface area contributed by atoms with Gasteiger partial charge in [-0.3, -0.25) is 9.20 Å². The van der Waals surface area contributed by atoms with E-state index in [9.17, 15) is 4.79 Å². The van der Waals surface area contributed by atoms with Crippen LogP contribution in [0.4, 0.5) is 11.5 Å². The molecule has 0 aliphatic rings. The minimum Gasteiger partial charge on any atom is -0.497 e. The molecule has 0 atom stereocenters. The number of amides is 1. The van der Waals surface area contributed by atoms with Gasteiger partial charge in [0.05, 0.1) is 18.4 Å². The van der Waals surface area contributed by atoms with Gasteiger partial charge in [0.2, 0.25) is 0 Å². The maximum Gasteiger partial charge on any atom is 0.253 e. The number of hydrogen-bond donors (Lipinski definition) is 1. The van der Waals surface area contributed by atoms with Crippen LogP contribution in [0.5, 0.6) is 5.75 Å². The van der Waals surface area contributed by atoms with E-state index in [4.69, 9.17) is 9.72 Å². The molecule has 0 aliphatic heterocycles. The van der Waals surface area contributed by atoms with Crippen LogP contribution in [-0.2, 0) is 19.5 Å². The monoisotopic (exact) mass is 471 g/mol. The maximum absolute atomic E-state index is 12.9. The summed E-state index contributed by atoms with van der Waals surface area (Å²) in [5, 5.41) is 3.01. The van der Waals surface area contributed by atoms with Crippen molar-refractivity contribution in [1.29, 1.82) is 0 Å². The SMILES string of the molecule is CCc1nc2ccc(C(=O)NCc3ccc(OC)cc3)cn2c1N(C)Cc1ccc(N(C)C)cc1. The standard InChI is InChI=1S/C28H33N5O2/c1-6-25-28(32(4)18-21-7-12-23(13-8-21)31(2)3)33-19-22(11-16-26(33)30-25)27(34)29-17-20-9-14-24(35-5)15-10-20/h7-16,19H,6,17-18H2,1-5H3,(H,29,34). The molecule has 7 nitrogen and oxygen atoms in total. The molecule has 35 heavy (non-hydrogen) atoms. The van der Waals surface area contributed by atoms with Crippen LogP contribution < -0.4 is 19.9 Å². The third kappa shape index (κ3) is 5.40. The second kappa shape index (κ2) is 10.5. The number of nitrogens with one attached hydrogen (secondary N) is 1. The van der Waals surface area contributed by atoms with Crippen molar-refractivity contribution in [3.63, 3.8) is 0 Å². The third-order valence-electron chi connectivity index (χ3n) is 6.11. The molecular weight excluding hydrogens is 438 g/mol. The van der Waals surface area contributed by atoms with E-state index in [0.717, 1.165) is 41.4 Å². The number of imidazole rings is 1. The summed E-state index contributed by atoms with van der Waals surface area (Å²) in [4.78, 5) is 22.0. The molecule has 2 aromatic carbocycles. The average molecular weight is 472 g/mol. The molecule has 2 heterocycles. The second-order valence-electron chi connectivity index (χ2n) is 8.83. The van der Waals surface area contributed by atoms with E-state index in [2.05, 4.69) is 53.4 Å². The van der Waals surface area contributed by atoms with Gasteiger partial charge in [-0.15, -0.1) is 0 Å². The van der Waals surface area contributed by atoms with Crippen LogP contribution in [0.3, 0.4) is 0 Å². The molecule has 0 saturated heterocycles. The van der Waals surface area contributed by atoms with Gasteiger partial charge in [0, 0.05) is 46.1 Å². The van der Waals surface area contributed by atoms with E-state index >= 15 is 0 Å². The number of aryl methyl sites for hydroxylation is 1. The van der Waals surface area contributed by atoms with Crippen molar-refractivity contribution in [2.24, 2.45) is 0 Å². The van der Waals surface area contributed by atoms with Gasteiger partial charge in [0.1, 0.15) is 17.2 Å². The fraction of sp³-hybridized carbons (Fsp3) is 0.286. The largest absolute Gasteiger partial charge is 0.497 e. The number of ether oxygens (including phenoxy) is 1. The highest BCUT2D eigenvalue weighted by Gasteiger charge is 2.17. The summed E-state index contributed by atoms with van der Waals surface area (Å²) in [6, 6.07) is 20.0. The minimum absolute atomic E-state index is 0.123. The molecule has 182 valence electrons. The highest BCUT2D eigenvalue weighted by Crippen LogP contribution is 2.25. The zero-order valence-corrected chi connectivity index (χ0v) is 21.1. The average Bonchev–Trinajstić information content (AvgIpc) is 3.26.